The Morgan fingerprint density at radius 3 is 2.60 bits per heavy atom. The van der Waals surface area contributed by atoms with Gasteiger partial charge in [-0.1, -0.05) is 30.3 Å². The van der Waals surface area contributed by atoms with E-state index < -0.39 is 0 Å². The molecule has 20 heavy (non-hydrogen) atoms. The van der Waals surface area contributed by atoms with Crippen molar-refractivity contribution in [3.05, 3.63) is 35.9 Å². The Morgan fingerprint density at radius 1 is 1.35 bits per heavy atom. The number of carbonyl (C=O) groups is 1. The fourth-order valence-electron chi connectivity index (χ4n) is 2.70. The van der Waals surface area contributed by atoms with Gasteiger partial charge < -0.3 is 10.1 Å². The second-order valence-corrected chi connectivity index (χ2v) is 5.45. The van der Waals surface area contributed by atoms with E-state index in [1.54, 1.807) is 0 Å². The topological polar surface area (TPSA) is 41.6 Å². The fourth-order valence-corrected chi connectivity index (χ4v) is 2.70. The first-order chi connectivity index (χ1) is 9.69. The second-order valence-electron chi connectivity index (χ2n) is 5.45. The summed E-state index contributed by atoms with van der Waals surface area (Å²) in [6.07, 6.45) is 2.16. The molecule has 0 aromatic heterocycles. The minimum atomic E-state index is -0.217. The van der Waals surface area contributed by atoms with Crippen LogP contribution in [0.15, 0.2) is 30.3 Å². The van der Waals surface area contributed by atoms with Gasteiger partial charge in [0.25, 0.3) is 0 Å². The third-order valence-electron chi connectivity index (χ3n) is 3.88. The Morgan fingerprint density at radius 2 is 2.00 bits per heavy atom. The van der Waals surface area contributed by atoms with Crippen LogP contribution in [0.2, 0.25) is 0 Å². The summed E-state index contributed by atoms with van der Waals surface area (Å²) in [5.41, 5.74) is 1.36. The molecule has 0 spiro atoms. The van der Waals surface area contributed by atoms with Gasteiger partial charge in [-0.15, -0.1) is 0 Å². The Labute approximate surface area is 121 Å². The third kappa shape index (κ3) is 4.32. The third-order valence-corrected chi connectivity index (χ3v) is 3.88. The summed E-state index contributed by atoms with van der Waals surface area (Å²) in [5.74, 6) is -0.184. The average molecular weight is 276 g/mol. The molecule has 1 aromatic rings. The van der Waals surface area contributed by atoms with Crippen LogP contribution in [-0.4, -0.2) is 43.2 Å². The van der Waals surface area contributed by atoms with E-state index in [9.17, 15) is 4.79 Å². The van der Waals surface area contributed by atoms with Crippen molar-refractivity contribution in [1.82, 2.24) is 10.2 Å². The number of hydrogen-bond donors (Lipinski definition) is 1. The molecule has 1 aliphatic heterocycles. The van der Waals surface area contributed by atoms with Crippen LogP contribution in [-0.2, 0) is 16.1 Å². The van der Waals surface area contributed by atoms with Gasteiger partial charge in [-0.2, -0.15) is 0 Å². The molecule has 1 fully saturated rings. The van der Waals surface area contributed by atoms with Gasteiger partial charge in [0, 0.05) is 12.6 Å². The van der Waals surface area contributed by atoms with Gasteiger partial charge in [-0.25, -0.2) is 0 Å². The number of methoxy groups -OCH3 is 1. The van der Waals surface area contributed by atoms with Crippen molar-refractivity contribution in [2.45, 2.75) is 38.4 Å². The highest BCUT2D eigenvalue weighted by Gasteiger charge is 2.23. The van der Waals surface area contributed by atoms with Crippen molar-refractivity contribution in [2.24, 2.45) is 0 Å². The highest BCUT2D eigenvalue weighted by molar-refractivity contribution is 5.75. The first-order valence-electron chi connectivity index (χ1n) is 7.29. The maximum absolute atomic E-state index is 11.4. The maximum Gasteiger partial charge on any atom is 0.322 e. The lowest BCUT2D eigenvalue weighted by Crippen LogP contribution is -2.47. The van der Waals surface area contributed by atoms with Crippen LogP contribution in [0.25, 0.3) is 0 Å². The standard InChI is InChI=1S/C16H24N2O2/c1-13(16(19)20-2)17-15-8-10-18(11-9-15)12-14-6-4-3-5-7-14/h3-7,13,15,17H,8-12H2,1-2H3. The molecule has 1 aromatic carbocycles. The van der Waals surface area contributed by atoms with Gasteiger partial charge in [0.1, 0.15) is 6.04 Å². The molecule has 0 saturated carbocycles. The van der Waals surface area contributed by atoms with Crippen LogP contribution in [0, 0.1) is 0 Å². The molecule has 4 heteroatoms. The highest BCUT2D eigenvalue weighted by atomic mass is 16.5. The van der Waals surface area contributed by atoms with E-state index in [0.717, 1.165) is 32.5 Å². The molecule has 2 rings (SSSR count). The van der Waals surface area contributed by atoms with Crippen LogP contribution >= 0.6 is 0 Å². The smallest absolute Gasteiger partial charge is 0.322 e. The molecule has 0 radical (unpaired) electrons. The summed E-state index contributed by atoms with van der Waals surface area (Å²) < 4.78 is 4.74. The molecule has 0 bridgehead atoms. The Balaban J connectivity index is 1.74. The molecule has 1 N–H and O–H groups in total. The van der Waals surface area contributed by atoms with E-state index in [2.05, 4.69) is 34.5 Å². The number of nitrogens with one attached hydrogen (secondary N) is 1. The van der Waals surface area contributed by atoms with E-state index in [0.29, 0.717) is 6.04 Å². The summed E-state index contributed by atoms with van der Waals surface area (Å²) in [6.45, 7) is 5.02. The minimum absolute atomic E-state index is 0.184. The first kappa shape index (κ1) is 15.0. The number of ether oxygens (including phenoxy) is 1. The summed E-state index contributed by atoms with van der Waals surface area (Å²) >= 11 is 0. The Bertz CT molecular complexity index is 414. The van der Waals surface area contributed by atoms with Crippen molar-refractivity contribution in [1.29, 1.82) is 0 Å². The molecule has 1 heterocycles. The number of nitrogens with zero attached hydrogens (tertiary/aromatic N) is 1. The van der Waals surface area contributed by atoms with Crippen molar-refractivity contribution in [3.8, 4) is 0 Å². The maximum atomic E-state index is 11.4. The van der Waals surface area contributed by atoms with Crippen LogP contribution in [0.1, 0.15) is 25.3 Å². The van der Waals surface area contributed by atoms with Crippen LogP contribution in [0.4, 0.5) is 0 Å². The van der Waals surface area contributed by atoms with Crippen molar-refractivity contribution >= 4 is 5.97 Å². The number of carbonyl (C=O) groups excluding carboxylic acids is 1. The Kier molecular flexibility index (Phi) is 5.56. The van der Waals surface area contributed by atoms with E-state index in [1.807, 2.05) is 13.0 Å². The number of piperidine rings is 1. The molecule has 4 nitrogen and oxygen atoms in total. The number of rotatable bonds is 5. The minimum Gasteiger partial charge on any atom is -0.468 e. The molecule has 110 valence electrons. The molecule has 0 aliphatic carbocycles. The van der Waals surface area contributed by atoms with E-state index in [-0.39, 0.29) is 12.0 Å². The van der Waals surface area contributed by atoms with E-state index in [1.165, 1.54) is 12.7 Å². The van der Waals surface area contributed by atoms with Gasteiger partial charge >= 0.3 is 5.97 Å². The Hall–Kier alpha value is -1.39. The second kappa shape index (κ2) is 7.41. The quantitative estimate of drug-likeness (QED) is 0.833. The summed E-state index contributed by atoms with van der Waals surface area (Å²) in [5, 5.41) is 3.35. The van der Waals surface area contributed by atoms with Crippen LogP contribution < -0.4 is 5.32 Å². The fraction of sp³-hybridized carbons (Fsp3) is 0.562. The number of likely N-dealkylation sites (tertiary alicyclic amines) is 1. The summed E-state index contributed by atoms with van der Waals surface area (Å²) in [6, 6.07) is 10.8. The van der Waals surface area contributed by atoms with Crippen LogP contribution in [0.3, 0.4) is 0 Å². The predicted molar refractivity (Wildman–Crippen MR) is 79.4 cm³/mol. The lowest BCUT2D eigenvalue weighted by Gasteiger charge is -2.33. The molecule has 1 unspecified atom stereocenters. The molecule has 0 amide bonds. The lowest BCUT2D eigenvalue weighted by atomic mass is 10.0. The van der Waals surface area contributed by atoms with Crippen molar-refractivity contribution in [2.75, 3.05) is 20.2 Å². The monoisotopic (exact) mass is 276 g/mol. The number of esters is 1. The lowest BCUT2D eigenvalue weighted by molar-refractivity contribution is -0.142. The highest BCUT2D eigenvalue weighted by Crippen LogP contribution is 2.14. The van der Waals surface area contributed by atoms with Gasteiger partial charge in [-0.3, -0.25) is 9.69 Å². The van der Waals surface area contributed by atoms with Gasteiger partial charge in [0.15, 0.2) is 0 Å². The van der Waals surface area contributed by atoms with Crippen molar-refractivity contribution < 1.29 is 9.53 Å². The molecular weight excluding hydrogens is 252 g/mol. The summed E-state index contributed by atoms with van der Waals surface area (Å²) in [4.78, 5) is 13.9. The van der Waals surface area contributed by atoms with Crippen molar-refractivity contribution in [3.63, 3.8) is 0 Å². The van der Waals surface area contributed by atoms with Crippen LogP contribution in [0.5, 0.6) is 0 Å². The molecule has 1 saturated heterocycles. The first-order valence-corrected chi connectivity index (χ1v) is 7.29. The number of benzene rings is 1. The van der Waals surface area contributed by atoms with Gasteiger partial charge in [0.05, 0.1) is 7.11 Å². The predicted octanol–water partition coefficient (Wildman–Crippen LogP) is 1.80. The van der Waals surface area contributed by atoms with E-state index >= 15 is 0 Å². The SMILES string of the molecule is COC(=O)C(C)NC1CCN(Cc2ccccc2)CC1. The molecule has 1 atom stereocenters. The number of hydrogen-bond acceptors (Lipinski definition) is 4. The van der Waals surface area contributed by atoms with E-state index in [4.69, 9.17) is 4.74 Å². The average Bonchev–Trinajstić information content (AvgIpc) is 2.49. The van der Waals surface area contributed by atoms with Gasteiger partial charge in [-0.05, 0) is 38.4 Å². The normalized spacial score (nSPS) is 18.7. The zero-order chi connectivity index (χ0) is 14.4. The molecule has 1 aliphatic rings. The summed E-state index contributed by atoms with van der Waals surface area (Å²) in [7, 11) is 1.43. The zero-order valence-corrected chi connectivity index (χ0v) is 12.3. The molecular formula is C16H24N2O2. The van der Waals surface area contributed by atoms with Gasteiger partial charge in [0.2, 0.25) is 0 Å². The zero-order valence-electron chi connectivity index (χ0n) is 12.3. The largest absolute Gasteiger partial charge is 0.468 e.